The second-order valence-electron chi connectivity index (χ2n) is 5.76. The van der Waals surface area contributed by atoms with Crippen molar-refractivity contribution in [3.05, 3.63) is 29.8 Å². The molecule has 1 aromatic rings. The Labute approximate surface area is 127 Å². The molecule has 0 saturated heterocycles. The fourth-order valence-electron chi connectivity index (χ4n) is 2.16. The first kappa shape index (κ1) is 17.4. The van der Waals surface area contributed by atoms with E-state index in [2.05, 4.69) is 18.6 Å². The van der Waals surface area contributed by atoms with Crippen LogP contribution < -0.4 is 10.5 Å². The summed E-state index contributed by atoms with van der Waals surface area (Å²) in [5, 5.41) is 0. The summed E-state index contributed by atoms with van der Waals surface area (Å²) in [4.78, 5) is 0.305. The molecule has 0 aromatic heterocycles. The van der Waals surface area contributed by atoms with Crippen molar-refractivity contribution in [2.24, 2.45) is 5.73 Å². The third kappa shape index (κ3) is 3.95. The highest BCUT2D eigenvalue weighted by atomic mass is 35.5. The molecule has 1 aliphatic rings. The average Bonchev–Trinajstić information content (AvgIpc) is 2.34. The Balaban J connectivity index is 0.00000200. The number of nitrogens with two attached hydrogens (primary N) is 1. The lowest BCUT2D eigenvalue weighted by Gasteiger charge is -2.38. The minimum Gasteiger partial charge on any atom is -0.324 e. The van der Waals surface area contributed by atoms with Crippen molar-refractivity contribution in [2.75, 3.05) is 6.54 Å². The largest absolute Gasteiger partial charge is 0.324 e. The molecular weight excluding hydrogens is 296 g/mol. The lowest BCUT2D eigenvalue weighted by atomic mass is 9.78. The molecule has 0 aliphatic heterocycles. The van der Waals surface area contributed by atoms with Crippen LogP contribution in [0.3, 0.4) is 0 Å². The molecule has 1 saturated carbocycles. The van der Waals surface area contributed by atoms with Crippen molar-refractivity contribution in [3.8, 4) is 0 Å². The number of halogens is 1. The maximum atomic E-state index is 12.1. The smallest absolute Gasteiger partial charge is 0.240 e. The van der Waals surface area contributed by atoms with Crippen molar-refractivity contribution < 1.29 is 8.42 Å². The topological polar surface area (TPSA) is 72.2 Å². The van der Waals surface area contributed by atoms with Crippen molar-refractivity contribution in [3.63, 3.8) is 0 Å². The maximum absolute atomic E-state index is 12.1. The molecule has 0 bridgehead atoms. The van der Waals surface area contributed by atoms with Crippen molar-refractivity contribution in [1.29, 1.82) is 0 Å². The van der Waals surface area contributed by atoms with E-state index >= 15 is 0 Å². The molecule has 6 heteroatoms. The Hall–Kier alpha value is -0.620. The summed E-state index contributed by atoms with van der Waals surface area (Å²) >= 11 is 0. The fourth-order valence-corrected chi connectivity index (χ4v) is 3.30. The number of hydrogen-bond donors (Lipinski definition) is 2. The third-order valence-corrected chi connectivity index (χ3v) is 5.24. The Morgan fingerprint density at radius 3 is 2.20 bits per heavy atom. The van der Waals surface area contributed by atoms with Gasteiger partial charge in [0.25, 0.3) is 0 Å². The monoisotopic (exact) mass is 318 g/mol. The van der Waals surface area contributed by atoms with Gasteiger partial charge in [0.2, 0.25) is 10.0 Å². The van der Waals surface area contributed by atoms with E-state index < -0.39 is 10.0 Å². The number of sulfonamides is 1. The molecule has 0 unspecified atom stereocenters. The highest BCUT2D eigenvalue weighted by Gasteiger charge is 2.33. The van der Waals surface area contributed by atoms with Crippen LogP contribution in [0.5, 0.6) is 0 Å². The predicted octanol–water partition coefficient (Wildman–Crippen LogP) is 2.39. The molecule has 1 aromatic carbocycles. The molecule has 0 atom stereocenters. The first-order valence-corrected chi connectivity index (χ1v) is 8.19. The maximum Gasteiger partial charge on any atom is 0.240 e. The van der Waals surface area contributed by atoms with Crippen molar-refractivity contribution in [2.45, 2.75) is 49.5 Å². The second-order valence-corrected chi connectivity index (χ2v) is 7.53. The molecule has 0 amide bonds. The SMILES string of the molecule is CC(C)c1ccc(S(=O)(=O)NCC2(N)CCC2)cc1.Cl. The molecule has 0 spiro atoms. The molecular formula is C14H23ClN2O2S. The quantitative estimate of drug-likeness (QED) is 0.875. The Bertz CT molecular complexity index is 537. The van der Waals surface area contributed by atoms with Crippen LogP contribution in [-0.2, 0) is 10.0 Å². The first-order chi connectivity index (χ1) is 8.82. The molecule has 0 heterocycles. The van der Waals surface area contributed by atoms with Gasteiger partial charge in [-0.1, -0.05) is 26.0 Å². The second kappa shape index (κ2) is 6.43. The zero-order valence-electron chi connectivity index (χ0n) is 11.9. The first-order valence-electron chi connectivity index (χ1n) is 6.71. The van der Waals surface area contributed by atoms with E-state index in [-0.39, 0.29) is 17.9 Å². The van der Waals surface area contributed by atoms with E-state index in [1.165, 1.54) is 0 Å². The van der Waals surface area contributed by atoms with Crippen LogP contribution in [0.4, 0.5) is 0 Å². The van der Waals surface area contributed by atoms with Crippen LogP contribution in [0, 0.1) is 0 Å². The van der Waals surface area contributed by atoms with Crippen LogP contribution in [0.25, 0.3) is 0 Å². The van der Waals surface area contributed by atoms with Gasteiger partial charge in [0.05, 0.1) is 4.90 Å². The van der Waals surface area contributed by atoms with E-state index in [0.717, 1.165) is 24.8 Å². The molecule has 3 N–H and O–H groups in total. The van der Waals surface area contributed by atoms with Crippen LogP contribution in [0.1, 0.15) is 44.6 Å². The Kier molecular flexibility index (Phi) is 5.61. The highest BCUT2D eigenvalue weighted by Crippen LogP contribution is 2.28. The van der Waals surface area contributed by atoms with Crippen LogP contribution >= 0.6 is 12.4 Å². The van der Waals surface area contributed by atoms with Crippen molar-refractivity contribution in [1.82, 2.24) is 4.72 Å². The van der Waals surface area contributed by atoms with Crippen LogP contribution in [0.2, 0.25) is 0 Å². The van der Waals surface area contributed by atoms with Gasteiger partial charge in [0, 0.05) is 12.1 Å². The third-order valence-electron chi connectivity index (χ3n) is 3.82. The van der Waals surface area contributed by atoms with Gasteiger partial charge in [-0.05, 0) is 42.9 Å². The van der Waals surface area contributed by atoms with Gasteiger partial charge < -0.3 is 5.73 Å². The number of rotatable bonds is 5. The normalized spacial score (nSPS) is 17.4. The summed E-state index contributed by atoms with van der Waals surface area (Å²) in [7, 11) is -3.44. The fraction of sp³-hybridized carbons (Fsp3) is 0.571. The highest BCUT2D eigenvalue weighted by molar-refractivity contribution is 7.89. The molecule has 20 heavy (non-hydrogen) atoms. The zero-order valence-corrected chi connectivity index (χ0v) is 13.6. The Morgan fingerprint density at radius 1 is 1.25 bits per heavy atom. The summed E-state index contributed by atoms with van der Waals surface area (Å²) in [6.45, 7) is 4.48. The van der Waals surface area contributed by atoms with Gasteiger partial charge in [-0.2, -0.15) is 0 Å². The van der Waals surface area contributed by atoms with Crippen molar-refractivity contribution >= 4 is 22.4 Å². The molecule has 114 valence electrons. The van der Waals surface area contributed by atoms with Gasteiger partial charge in [-0.3, -0.25) is 0 Å². The predicted molar refractivity (Wildman–Crippen MR) is 83.7 cm³/mol. The van der Waals surface area contributed by atoms with E-state index in [9.17, 15) is 8.42 Å². The number of nitrogens with one attached hydrogen (secondary N) is 1. The van der Waals surface area contributed by atoms with E-state index in [1.54, 1.807) is 12.1 Å². The molecule has 4 nitrogen and oxygen atoms in total. The molecule has 2 rings (SSSR count). The number of hydrogen-bond acceptors (Lipinski definition) is 3. The zero-order chi connectivity index (χ0) is 14.1. The minimum atomic E-state index is -3.44. The summed E-state index contributed by atoms with van der Waals surface area (Å²) < 4.78 is 26.9. The van der Waals surface area contributed by atoms with Gasteiger partial charge in [-0.25, -0.2) is 13.1 Å². The number of benzene rings is 1. The van der Waals surface area contributed by atoms with Gasteiger partial charge in [0.1, 0.15) is 0 Å². The average molecular weight is 319 g/mol. The molecule has 1 aliphatic carbocycles. The lowest BCUT2D eigenvalue weighted by molar-refractivity contribution is 0.251. The standard InChI is InChI=1S/C14H22N2O2S.ClH/c1-11(2)12-4-6-13(7-5-12)19(17,18)16-10-14(15)8-3-9-14;/h4-7,11,16H,3,8-10,15H2,1-2H3;1H. The van der Waals surface area contributed by atoms with Gasteiger partial charge >= 0.3 is 0 Å². The van der Waals surface area contributed by atoms with E-state index in [4.69, 9.17) is 5.73 Å². The summed E-state index contributed by atoms with van der Waals surface area (Å²) in [6, 6.07) is 7.03. The van der Waals surface area contributed by atoms with E-state index in [1.807, 2.05) is 12.1 Å². The molecule has 1 fully saturated rings. The van der Waals surface area contributed by atoms with Gasteiger partial charge in [0.15, 0.2) is 0 Å². The summed E-state index contributed by atoms with van der Waals surface area (Å²) in [5.74, 6) is 0.395. The van der Waals surface area contributed by atoms with Crippen LogP contribution in [-0.4, -0.2) is 20.5 Å². The minimum absolute atomic E-state index is 0. The van der Waals surface area contributed by atoms with E-state index in [0.29, 0.717) is 17.4 Å². The van der Waals surface area contributed by atoms with Gasteiger partial charge in [-0.15, -0.1) is 12.4 Å². The summed E-state index contributed by atoms with van der Waals surface area (Å²) in [6.07, 6.45) is 2.87. The lowest BCUT2D eigenvalue weighted by Crippen LogP contribution is -2.54. The molecule has 0 radical (unpaired) electrons. The van der Waals surface area contributed by atoms with Crippen LogP contribution in [0.15, 0.2) is 29.2 Å². The summed E-state index contributed by atoms with van der Waals surface area (Å²) in [5.41, 5.74) is 6.82. The Morgan fingerprint density at radius 2 is 1.80 bits per heavy atom.